The van der Waals surface area contributed by atoms with Gasteiger partial charge in [0.05, 0.1) is 11.2 Å². The third-order valence-corrected chi connectivity index (χ3v) is 7.10. The molecule has 2 N–H and O–H groups in total. The first kappa shape index (κ1) is 23.9. The molecule has 4 aromatic heterocycles. The van der Waals surface area contributed by atoms with Crippen LogP contribution >= 0.6 is 11.3 Å². The van der Waals surface area contributed by atoms with E-state index < -0.39 is 0 Å². The van der Waals surface area contributed by atoms with Crippen LogP contribution in [0.25, 0.3) is 39.1 Å². The molecule has 0 unspecified atom stereocenters. The van der Waals surface area contributed by atoms with Gasteiger partial charge in [0.2, 0.25) is 0 Å². The number of benzene rings is 1. The van der Waals surface area contributed by atoms with E-state index in [4.69, 9.17) is 4.98 Å². The van der Waals surface area contributed by atoms with E-state index in [1.165, 1.54) is 5.56 Å². The van der Waals surface area contributed by atoms with Crippen LogP contribution in [0.1, 0.15) is 28.2 Å². The molecule has 0 atom stereocenters. The number of hydrogen-bond acceptors (Lipinski definition) is 5. The molecule has 5 rings (SSSR count). The van der Waals surface area contributed by atoms with Crippen LogP contribution < -0.4 is 0 Å². The molecule has 0 saturated carbocycles. The maximum absolute atomic E-state index is 4.98. The van der Waals surface area contributed by atoms with E-state index in [1.807, 2.05) is 31.5 Å². The lowest BCUT2D eigenvalue weighted by Crippen LogP contribution is -2.13. The van der Waals surface area contributed by atoms with E-state index in [0.717, 1.165) is 74.8 Å². The van der Waals surface area contributed by atoms with Crippen molar-refractivity contribution in [2.24, 2.45) is 0 Å². The van der Waals surface area contributed by atoms with E-state index in [-0.39, 0.29) is 0 Å². The standard InChI is InChI=1S/C29H30N6S/c1-5-8-23(26-10-7-14-36-26)27-19(2)31-29(32-27)28-24-16-21(11-12-25(24)33-34-28)22-15-20(17-30-18-22)9-6-13-35(3)4/h5,7-8,10-12,14-18H,1,6,9,13H2,2-4H3,(H,31,32)(H,33,34)/b23-8-. The molecule has 36 heavy (non-hydrogen) atoms. The monoisotopic (exact) mass is 494 g/mol. The molecule has 6 nitrogen and oxygen atoms in total. The van der Waals surface area contributed by atoms with Gasteiger partial charge >= 0.3 is 0 Å². The van der Waals surface area contributed by atoms with E-state index >= 15 is 0 Å². The Kier molecular flexibility index (Phi) is 6.93. The molecular weight excluding hydrogens is 464 g/mol. The number of rotatable bonds is 9. The molecule has 4 heterocycles. The number of H-pyrrole nitrogens is 2. The lowest BCUT2D eigenvalue weighted by molar-refractivity contribution is 0.400. The first-order valence-corrected chi connectivity index (χ1v) is 12.9. The van der Waals surface area contributed by atoms with Crippen LogP contribution in [0.4, 0.5) is 0 Å². The number of aryl methyl sites for hydroxylation is 2. The number of pyridine rings is 1. The maximum Gasteiger partial charge on any atom is 0.159 e. The third-order valence-electron chi connectivity index (χ3n) is 6.20. The Morgan fingerprint density at radius 2 is 2.03 bits per heavy atom. The van der Waals surface area contributed by atoms with Gasteiger partial charge in [0.1, 0.15) is 5.69 Å². The van der Waals surface area contributed by atoms with Gasteiger partial charge < -0.3 is 9.88 Å². The second-order valence-electron chi connectivity index (χ2n) is 9.17. The molecule has 1 aromatic carbocycles. The second-order valence-corrected chi connectivity index (χ2v) is 10.1. The van der Waals surface area contributed by atoms with Crippen molar-refractivity contribution in [1.82, 2.24) is 30.0 Å². The molecule has 0 fully saturated rings. The zero-order valence-corrected chi connectivity index (χ0v) is 21.7. The summed E-state index contributed by atoms with van der Waals surface area (Å²) >= 11 is 1.69. The first-order valence-electron chi connectivity index (χ1n) is 12.0. The van der Waals surface area contributed by atoms with E-state index in [2.05, 4.69) is 87.5 Å². The van der Waals surface area contributed by atoms with Crippen molar-refractivity contribution < 1.29 is 0 Å². The smallest absolute Gasteiger partial charge is 0.159 e. The van der Waals surface area contributed by atoms with Gasteiger partial charge in [0.15, 0.2) is 5.82 Å². The van der Waals surface area contributed by atoms with Crippen LogP contribution in [0.15, 0.2) is 72.9 Å². The summed E-state index contributed by atoms with van der Waals surface area (Å²) in [6, 6.07) is 12.8. The summed E-state index contributed by atoms with van der Waals surface area (Å²) in [6.45, 7) is 7.01. The molecule has 0 saturated heterocycles. The van der Waals surface area contributed by atoms with Crippen molar-refractivity contribution in [3.8, 4) is 22.6 Å². The average molecular weight is 495 g/mol. The van der Waals surface area contributed by atoms with Crippen molar-refractivity contribution in [2.75, 3.05) is 20.6 Å². The van der Waals surface area contributed by atoms with Gasteiger partial charge in [-0.3, -0.25) is 10.1 Å². The van der Waals surface area contributed by atoms with Crippen molar-refractivity contribution in [3.63, 3.8) is 0 Å². The van der Waals surface area contributed by atoms with Crippen LogP contribution in [0.3, 0.4) is 0 Å². The van der Waals surface area contributed by atoms with Crippen LogP contribution in [0.5, 0.6) is 0 Å². The zero-order valence-electron chi connectivity index (χ0n) is 20.9. The van der Waals surface area contributed by atoms with Crippen molar-refractivity contribution in [2.45, 2.75) is 19.8 Å². The summed E-state index contributed by atoms with van der Waals surface area (Å²) in [7, 11) is 4.21. The summed E-state index contributed by atoms with van der Waals surface area (Å²) in [4.78, 5) is 16.3. The summed E-state index contributed by atoms with van der Waals surface area (Å²) < 4.78 is 0. The van der Waals surface area contributed by atoms with Gasteiger partial charge in [-0.05, 0) is 81.2 Å². The largest absolute Gasteiger partial charge is 0.340 e. The number of fused-ring (bicyclic) bond motifs is 1. The number of thiophene rings is 1. The van der Waals surface area contributed by atoms with Gasteiger partial charge in [0.25, 0.3) is 0 Å². The van der Waals surface area contributed by atoms with Gasteiger partial charge in [-0.2, -0.15) is 5.10 Å². The molecule has 0 aliphatic heterocycles. The van der Waals surface area contributed by atoms with Crippen LogP contribution in [-0.2, 0) is 6.42 Å². The SMILES string of the molecule is C=C/C=C(/c1cccs1)c1nc(-c2n[nH]c3ccc(-c4cncc(CCCN(C)C)c4)cc23)[nH]c1C. The molecule has 0 radical (unpaired) electrons. The molecule has 0 amide bonds. The molecular formula is C29H30N6S. The summed E-state index contributed by atoms with van der Waals surface area (Å²) in [5.74, 6) is 0.743. The van der Waals surface area contributed by atoms with Crippen molar-refractivity contribution >= 4 is 27.8 Å². The number of allylic oxidation sites excluding steroid dienone is 2. The summed E-state index contributed by atoms with van der Waals surface area (Å²) in [5, 5.41) is 10.9. The minimum absolute atomic E-state index is 0.743. The molecule has 7 heteroatoms. The normalized spacial score (nSPS) is 12.1. The highest BCUT2D eigenvalue weighted by atomic mass is 32.1. The number of aromatic nitrogens is 5. The molecule has 182 valence electrons. The number of imidazole rings is 1. The Labute approximate surface area is 215 Å². The Bertz CT molecular complexity index is 1520. The third kappa shape index (κ3) is 4.94. The molecule has 0 spiro atoms. The lowest BCUT2D eigenvalue weighted by Gasteiger charge is -2.09. The van der Waals surface area contributed by atoms with Gasteiger partial charge in [-0.25, -0.2) is 4.98 Å². The second kappa shape index (κ2) is 10.4. The highest BCUT2D eigenvalue weighted by Gasteiger charge is 2.18. The Hall–Kier alpha value is -3.81. The highest BCUT2D eigenvalue weighted by Crippen LogP contribution is 2.33. The minimum atomic E-state index is 0.743. The predicted molar refractivity (Wildman–Crippen MR) is 150 cm³/mol. The maximum atomic E-state index is 4.98. The quantitative estimate of drug-likeness (QED) is 0.230. The zero-order chi connectivity index (χ0) is 25.1. The average Bonchev–Trinajstić information content (AvgIpc) is 3.62. The molecule has 5 aromatic rings. The van der Waals surface area contributed by atoms with E-state index in [0.29, 0.717) is 0 Å². The fraction of sp³-hybridized carbons (Fsp3) is 0.207. The van der Waals surface area contributed by atoms with Gasteiger partial charge in [-0.15, -0.1) is 11.3 Å². The van der Waals surface area contributed by atoms with Crippen molar-refractivity contribution in [3.05, 3.63) is 94.7 Å². The Morgan fingerprint density at radius 3 is 2.81 bits per heavy atom. The highest BCUT2D eigenvalue weighted by molar-refractivity contribution is 7.11. The summed E-state index contributed by atoms with van der Waals surface area (Å²) in [6.07, 6.45) is 9.84. The Morgan fingerprint density at radius 1 is 1.14 bits per heavy atom. The molecule has 0 aliphatic carbocycles. The number of aromatic amines is 2. The molecule has 0 aliphatic rings. The topological polar surface area (TPSA) is 73.5 Å². The predicted octanol–water partition coefficient (Wildman–Crippen LogP) is 6.50. The van der Waals surface area contributed by atoms with Crippen LogP contribution in [-0.4, -0.2) is 50.7 Å². The lowest BCUT2D eigenvalue weighted by atomic mass is 10.0. The number of nitrogens with one attached hydrogen (secondary N) is 2. The number of nitrogens with zero attached hydrogens (tertiary/aromatic N) is 4. The van der Waals surface area contributed by atoms with Crippen molar-refractivity contribution in [1.29, 1.82) is 0 Å². The first-order chi connectivity index (χ1) is 17.5. The molecule has 0 bridgehead atoms. The van der Waals surface area contributed by atoms with Gasteiger partial charge in [-0.1, -0.05) is 30.9 Å². The van der Waals surface area contributed by atoms with E-state index in [1.54, 1.807) is 11.3 Å². The van der Waals surface area contributed by atoms with E-state index in [9.17, 15) is 0 Å². The summed E-state index contributed by atoms with van der Waals surface area (Å²) in [5.41, 5.74) is 8.21. The minimum Gasteiger partial charge on any atom is -0.340 e. The van der Waals surface area contributed by atoms with Crippen LogP contribution in [0.2, 0.25) is 0 Å². The Balaban J connectivity index is 1.50. The number of hydrogen-bond donors (Lipinski definition) is 2. The fourth-order valence-electron chi connectivity index (χ4n) is 4.42. The van der Waals surface area contributed by atoms with Crippen LogP contribution in [0, 0.1) is 6.92 Å². The fourth-order valence-corrected chi connectivity index (χ4v) is 5.17. The van der Waals surface area contributed by atoms with Gasteiger partial charge in [0, 0.05) is 39.5 Å².